The number of nitrogens with two attached hydrogens (primary N) is 1. The van der Waals surface area contributed by atoms with E-state index in [-0.39, 0.29) is 11.3 Å². The quantitative estimate of drug-likeness (QED) is 0.839. The molecule has 20 heavy (non-hydrogen) atoms. The van der Waals surface area contributed by atoms with Crippen LogP contribution in [0.4, 0.5) is 0 Å². The molecule has 0 unspecified atom stereocenters. The molecule has 1 aliphatic rings. The Labute approximate surface area is 125 Å². The van der Waals surface area contributed by atoms with Gasteiger partial charge < -0.3 is 11.1 Å². The van der Waals surface area contributed by atoms with Crippen molar-refractivity contribution in [2.24, 2.45) is 11.1 Å². The molecule has 1 aromatic heterocycles. The van der Waals surface area contributed by atoms with Gasteiger partial charge in [-0.15, -0.1) is 11.3 Å². The first kappa shape index (κ1) is 15.4. The number of aromatic nitrogens is 1. The first-order chi connectivity index (χ1) is 9.50. The molecule has 0 bridgehead atoms. The van der Waals surface area contributed by atoms with Crippen LogP contribution in [-0.4, -0.2) is 17.4 Å². The molecule has 1 aliphatic carbocycles. The minimum absolute atomic E-state index is 0.0992. The Morgan fingerprint density at radius 2 is 2.05 bits per heavy atom. The van der Waals surface area contributed by atoms with Gasteiger partial charge in [0.1, 0.15) is 5.01 Å². The van der Waals surface area contributed by atoms with Gasteiger partial charge in [-0.05, 0) is 26.7 Å². The normalized spacial score (nSPS) is 19.4. The van der Waals surface area contributed by atoms with E-state index in [0.717, 1.165) is 30.7 Å². The van der Waals surface area contributed by atoms with Crippen LogP contribution in [0.15, 0.2) is 11.6 Å². The van der Waals surface area contributed by atoms with Gasteiger partial charge in [-0.2, -0.15) is 0 Å². The number of nitrogens with zero attached hydrogens (tertiary/aromatic N) is 1. The fourth-order valence-corrected chi connectivity index (χ4v) is 3.65. The predicted octanol–water partition coefficient (Wildman–Crippen LogP) is 2.79. The van der Waals surface area contributed by atoms with Gasteiger partial charge in [0.2, 0.25) is 5.91 Å². The third kappa shape index (κ3) is 3.20. The Balaban J connectivity index is 2.13. The molecule has 1 saturated carbocycles. The molecule has 1 heterocycles. The van der Waals surface area contributed by atoms with E-state index in [1.54, 1.807) is 17.5 Å². The highest BCUT2D eigenvalue weighted by atomic mass is 32.1. The van der Waals surface area contributed by atoms with Crippen molar-refractivity contribution in [2.75, 3.05) is 6.54 Å². The van der Waals surface area contributed by atoms with Gasteiger partial charge >= 0.3 is 0 Å². The lowest BCUT2D eigenvalue weighted by molar-refractivity contribution is -0.133. The molecule has 0 aliphatic heterocycles. The largest absolute Gasteiger partial charge is 0.344 e. The summed E-state index contributed by atoms with van der Waals surface area (Å²) in [5.41, 5.74) is 5.16. The summed E-state index contributed by atoms with van der Waals surface area (Å²) in [5.74, 6) is 0.0992. The minimum Gasteiger partial charge on any atom is -0.344 e. The monoisotopic (exact) mass is 295 g/mol. The Bertz CT molecular complexity index is 434. The summed E-state index contributed by atoms with van der Waals surface area (Å²) in [5, 5.41) is 6.05. The van der Waals surface area contributed by atoms with Gasteiger partial charge in [0.25, 0.3) is 0 Å². The highest BCUT2D eigenvalue weighted by Crippen LogP contribution is 2.35. The lowest BCUT2D eigenvalue weighted by atomic mass is 9.79. The number of carbonyl (C=O) groups is 1. The van der Waals surface area contributed by atoms with Crippen LogP contribution in [0.2, 0.25) is 0 Å². The molecule has 2 rings (SSSR count). The third-order valence-electron chi connectivity index (χ3n) is 4.33. The van der Waals surface area contributed by atoms with Crippen LogP contribution in [0, 0.1) is 5.41 Å². The predicted molar refractivity (Wildman–Crippen MR) is 82.5 cm³/mol. The van der Waals surface area contributed by atoms with E-state index < -0.39 is 5.54 Å². The number of hydrogen-bond donors (Lipinski definition) is 2. The van der Waals surface area contributed by atoms with Crippen molar-refractivity contribution < 1.29 is 4.79 Å². The Kier molecular flexibility index (Phi) is 4.81. The number of rotatable bonds is 4. The smallest absolute Gasteiger partial charge is 0.228 e. The average Bonchev–Trinajstić information content (AvgIpc) is 2.84. The fraction of sp³-hybridized carbons (Fsp3) is 0.733. The van der Waals surface area contributed by atoms with Crippen LogP contribution in [0.1, 0.15) is 57.4 Å². The molecule has 0 spiro atoms. The third-order valence-corrected chi connectivity index (χ3v) is 5.42. The van der Waals surface area contributed by atoms with Crippen LogP contribution >= 0.6 is 11.3 Å². The molecule has 1 fully saturated rings. The molecule has 0 atom stereocenters. The Morgan fingerprint density at radius 1 is 1.40 bits per heavy atom. The van der Waals surface area contributed by atoms with E-state index >= 15 is 0 Å². The van der Waals surface area contributed by atoms with E-state index in [2.05, 4.69) is 10.3 Å². The SMILES string of the molecule is CC(C)(NC(=O)C1(CN)CCCCCC1)c1nccs1. The zero-order valence-corrected chi connectivity index (χ0v) is 13.3. The van der Waals surface area contributed by atoms with Crippen molar-refractivity contribution in [3.8, 4) is 0 Å². The number of amides is 1. The van der Waals surface area contributed by atoms with Gasteiger partial charge in [-0.25, -0.2) is 4.98 Å². The van der Waals surface area contributed by atoms with Crippen molar-refractivity contribution >= 4 is 17.2 Å². The summed E-state index contributed by atoms with van der Waals surface area (Å²) in [6, 6.07) is 0. The van der Waals surface area contributed by atoms with Crippen LogP contribution in [0.3, 0.4) is 0 Å². The summed E-state index contributed by atoms with van der Waals surface area (Å²) >= 11 is 1.57. The molecule has 0 saturated heterocycles. The van der Waals surface area contributed by atoms with Crippen LogP contribution < -0.4 is 11.1 Å². The Morgan fingerprint density at radius 3 is 2.55 bits per heavy atom. The maximum Gasteiger partial charge on any atom is 0.228 e. The topological polar surface area (TPSA) is 68.0 Å². The van der Waals surface area contributed by atoms with Crippen molar-refractivity contribution in [3.05, 3.63) is 16.6 Å². The minimum atomic E-state index is -0.431. The number of carbonyl (C=O) groups excluding carboxylic acids is 1. The molecule has 1 amide bonds. The van der Waals surface area contributed by atoms with Crippen LogP contribution in [0.5, 0.6) is 0 Å². The second kappa shape index (κ2) is 6.22. The maximum atomic E-state index is 12.8. The fourth-order valence-electron chi connectivity index (χ4n) is 2.93. The lowest BCUT2D eigenvalue weighted by Crippen LogP contribution is -2.51. The summed E-state index contributed by atoms with van der Waals surface area (Å²) < 4.78 is 0. The van der Waals surface area contributed by atoms with E-state index in [9.17, 15) is 4.79 Å². The molecule has 0 radical (unpaired) electrons. The van der Waals surface area contributed by atoms with E-state index in [4.69, 9.17) is 5.73 Å². The zero-order chi connectivity index (χ0) is 14.6. The maximum absolute atomic E-state index is 12.8. The molecule has 1 aromatic rings. The van der Waals surface area contributed by atoms with Gasteiger partial charge in [0, 0.05) is 18.1 Å². The summed E-state index contributed by atoms with van der Waals surface area (Å²) in [7, 11) is 0. The van der Waals surface area contributed by atoms with Crippen molar-refractivity contribution in [1.82, 2.24) is 10.3 Å². The van der Waals surface area contributed by atoms with E-state index in [1.807, 2.05) is 19.2 Å². The number of hydrogen-bond acceptors (Lipinski definition) is 4. The Hall–Kier alpha value is -0.940. The molecule has 5 heteroatoms. The molecule has 4 nitrogen and oxygen atoms in total. The lowest BCUT2D eigenvalue weighted by Gasteiger charge is -2.34. The molecule has 3 N–H and O–H groups in total. The van der Waals surface area contributed by atoms with E-state index in [1.165, 1.54) is 12.8 Å². The van der Waals surface area contributed by atoms with Gasteiger partial charge in [-0.3, -0.25) is 4.79 Å². The van der Waals surface area contributed by atoms with Gasteiger partial charge in [-0.1, -0.05) is 25.7 Å². The summed E-state index contributed by atoms with van der Waals surface area (Å²) in [6.07, 6.45) is 8.21. The highest BCUT2D eigenvalue weighted by Gasteiger charge is 2.40. The van der Waals surface area contributed by atoms with Crippen LogP contribution in [-0.2, 0) is 10.3 Å². The van der Waals surface area contributed by atoms with Crippen molar-refractivity contribution in [3.63, 3.8) is 0 Å². The summed E-state index contributed by atoms with van der Waals surface area (Å²) in [4.78, 5) is 17.1. The van der Waals surface area contributed by atoms with Crippen molar-refractivity contribution in [1.29, 1.82) is 0 Å². The number of nitrogens with one attached hydrogen (secondary N) is 1. The molecular weight excluding hydrogens is 270 g/mol. The standard InChI is InChI=1S/C15H25N3OS/c1-14(2,13-17-9-10-20-13)18-12(19)15(11-16)7-5-3-4-6-8-15/h9-10H,3-8,11,16H2,1-2H3,(H,18,19). The van der Waals surface area contributed by atoms with Crippen molar-refractivity contribution in [2.45, 2.75) is 57.9 Å². The highest BCUT2D eigenvalue weighted by molar-refractivity contribution is 7.09. The second-order valence-electron chi connectivity index (χ2n) is 6.32. The second-order valence-corrected chi connectivity index (χ2v) is 7.21. The number of thiazole rings is 1. The first-order valence-electron chi connectivity index (χ1n) is 7.43. The average molecular weight is 295 g/mol. The molecule has 0 aromatic carbocycles. The summed E-state index contributed by atoms with van der Waals surface area (Å²) in [6.45, 7) is 4.45. The zero-order valence-electron chi connectivity index (χ0n) is 12.4. The molecule has 112 valence electrons. The van der Waals surface area contributed by atoms with Gasteiger partial charge in [0.15, 0.2) is 0 Å². The molecular formula is C15H25N3OS. The first-order valence-corrected chi connectivity index (χ1v) is 8.31. The van der Waals surface area contributed by atoms with Gasteiger partial charge in [0.05, 0.1) is 11.0 Å². The van der Waals surface area contributed by atoms with Crippen LogP contribution in [0.25, 0.3) is 0 Å². The van der Waals surface area contributed by atoms with E-state index in [0.29, 0.717) is 6.54 Å².